The molecule has 1 saturated carbocycles. The summed E-state index contributed by atoms with van der Waals surface area (Å²) in [5, 5.41) is 11.4. The van der Waals surface area contributed by atoms with E-state index < -0.39 is 22.8 Å². The van der Waals surface area contributed by atoms with E-state index in [1.807, 2.05) is 19.1 Å². The van der Waals surface area contributed by atoms with Crippen LogP contribution in [0.3, 0.4) is 0 Å². The Morgan fingerprint density at radius 2 is 2.18 bits per heavy atom. The molecule has 0 aromatic heterocycles. The van der Waals surface area contributed by atoms with Gasteiger partial charge in [0.1, 0.15) is 11.1 Å². The fraction of sp³-hybridized carbons (Fsp3) is 0.591. The molecule has 1 spiro atoms. The van der Waals surface area contributed by atoms with Crippen LogP contribution >= 0.6 is 0 Å². The van der Waals surface area contributed by atoms with Crippen molar-refractivity contribution < 1.29 is 19.4 Å². The molecule has 148 valence electrons. The van der Waals surface area contributed by atoms with Gasteiger partial charge in [0, 0.05) is 31.7 Å². The third kappa shape index (κ3) is 1.31. The summed E-state index contributed by atoms with van der Waals surface area (Å²) in [5.74, 6) is -0.433. The Morgan fingerprint density at radius 3 is 2.93 bits per heavy atom. The van der Waals surface area contributed by atoms with Gasteiger partial charge in [-0.05, 0) is 31.4 Å². The molecule has 7 atom stereocenters. The van der Waals surface area contributed by atoms with Crippen molar-refractivity contribution in [1.29, 1.82) is 0 Å². The Balaban J connectivity index is 1.80. The second kappa shape index (κ2) is 4.99. The molecular formula is C22H26N2O4. The zero-order chi connectivity index (χ0) is 19.5. The van der Waals surface area contributed by atoms with Crippen molar-refractivity contribution in [2.24, 2.45) is 11.3 Å². The van der Waals surface area contributed by atoms with E-state index in [4.69, 9.17) is 9.47 Å². The predicted molar refractivity (Wildman–Crippen MR) is 103 cm³/mol. The molecule has 6 heterocycles. The smallest absolute Gasteiger partial charge is 0.318 e. The SMILES string of the molecule is C/C=C1/CN2CCC34c5ccccc5N(C)[C@@]23[C@@H]2CC1C4(C(=O)OC)[C@H](O)O2. The largest absolute Gasteiger partial charge is 0.468 e. The summed E-state index contributed by atoms with van der Waals surface area (Å²) >= 11 is 0. The van der Waals surface area contributed by atoms with Gasteiger partial charge in [-0.3, -0.25) is 9.69 Å². The molecule has 28 heavy (non-hydrogen) atoms. The number of benzene rings is 1. The number of likely N-dealkylation sites (N-methyl/N-ethyl adjacent to an activating group) is 1. The van der Waals surface area contributed by atoms with Gasteiger partial charge in [-0.25, -0.2) is 0 Å². The van der Waals surface area contributed by atoms with E-state index in [0.717, 1.165) is 37.2 Å². The zero-order valence-electron chi connectivity index (χ0n) is 16.5. The van der Waals surface area contributed by atoms with E-state index in [1.54, 1.807) is 0 Å². The molecule has 6 bridgehead atoms. The van der Waals surface area contributed by atoms with Crippen LogP contribution in [0.4, 0.5) is 5.69 Å². The topological polar surface area (TPSA) is 62.2 Å². The second-order valence-corrected chi connectivity index (χ2v) is 8.87. The van der Waals surface area contributed by atoms with Crippen molar-refractivity contribution in [2.75, 3.05) is 32.1 Å². The van der Waals surface area contributed by atoms with Crippen LogP contribution in [0, 0.1) is 11.3 Å². The average Bonchev–Trinajstić information content (AvgIpc) is 3.11. The van der Waals surface area contributed by atoms with Gasteiger partial charge < -0.3 is 19.5 Å². The van der Waals surface area contributed by atoms with Crippen LogP contribution in [0.5, 0.6) is 0 Å². The Hall–Kier alpha value is -1.89. The highest BCUT2D eigenvalue weighted by Crippen LogP contribution is 2.77. The van der Waals surface area contributed by atoms with Crippen LogP contribution in [-0.4, -0.2) is 61.3 Å². The van der Waals surface area contributed by atoms with Gasteiger partial charge in [0.05, 0.1) is 18.6 Å². The van der Waals surface area contributed by atoms with Crippen LogP contribution in [0.25, 0.3) is 0 Å². The molecule has 5 saturated heterocycles. The lowest BCUT2D eigenvalue weighted by Gasteiger charge is -2.67. The van der Waals surface area contributed by atoms with Gasteiger partial charge in [0.15, 0.2) is 6.29 Å². The van der Waals surface area contributed by atoms with Crippen molar-refractivity contribution in [2.45, 2.75) is 43.2 Å². The van der Waals surface area contributed by atoms with Crippen LogP contribution < -0.4 is 4.90 Å². The van der Waals surface area contributed by atoms with Crippen molar-refractivity contribution in [3.63, 3.8) is 0 Å². The summed E-state index contributed by atoms with van der Waals surface area (Å²) in [6.07, 6.45) is 2.33. The maximum atomic E-state index is 13.7. The fourth-order valence-corrected chi connectivity index (χ4v) is 8.01. The standard InChI is InChI=1S/C22H26N2O4/c1-4-13-12-24-10-9-20-14-7-5-6-8-16(14)23(2)22(20,24)17-11-15(13)21(20,18(25)27-3)19(26)28-17/h4-8,15,17,19,26H,9-12H2,1-3H3/b13-4-/t15?,17-,19+,20?,21?,22-/m0/s1. The molecule has 0 radical (unpaired) electrons. The van der Waals surface area contributed by atoms with Crippen LogP contribution in [0.15, 0.2) is 35.9 Å². The summed E-state index contributed by atoms with van der Waals surface area (Å²) in [7, 11) is 3.56. The lowest BCUT2D eigenvalue weighted by molar-refractivity contribution is -0.331. The molecule has 4 unspecified atom stereocenters. The number of ether oxygens (including phenoxy) is 2. The normalized spacial score (nSPS) is 48.6. The highest BCUT2D eigenvalue weighted by atomic mass is 16.6. The number of carbonyl (C=O) groups excluding carboxylic acids is 1. The molecule has 1 aromatic rings. The van der Waals surface area contributed by atoms with Gasteiger partial charge >= 0.3 is 5.97 Å². The number of para-hydroxylation sites is 1. The maximum Gasteiger partial charge on any atom is 0.318 e. The number of hydrogen-bond acceptors (Lipinski definition) is 6. The van der Waals surface area contributed by atoms with Crippen LogP contribution in [-0.2, 0) is 19.7 Å². The average molecular weight is 382 g/mol. The Morgan fingerprint density at radius 1 is 1.39 bits per heavy atom. The highest BCUT2D eigenvalue weighted by Gasteiger charge is 2.89. The zero-order valence-corrected chi connectivity index (χ0v) is 16.5. The van der Waals surface area contributed by atoms with E-state index in [0.29, 0.717) is 0 Å². The number of allylic oxidation sites excluding steroid dienone is 1. The van der Waals surface area contributed by atoms with E-state index in [2.05, 4.69) is 35.1 Å². The molecule has 7 aliphatic rings. The van der Waals surface area contributed by atoms with E-state index in [9.17, 15) is 9.90 Å². The maximum absolute atomic E-state index is 13.7. The first-order valence-corrected chi connectivity index (χ1v) is 10.2. The minimum Gasteiger partial charge on any atom is -0.468 e. The Labute approximate surface area is 164 Å². The van der Waals surface area contributed by atoms with Gasteiger partial charge in [-0.2, -0.15) is 0 Å². The molecule has 0 amide bonds. The monoisotopic (exact) mass is 382 g/mol. The minimum absolute atomic E-state index is 0.0864. The van der Waals surface area contributed by atoms with Crippen molar-refractivity contribution in [1.82, 2.24) is 4.90 Å². The summed E-state index contributed by atoms with van der Waals surface area (Å²) in [5.41, 5.74) is 1.31. The Bertz CT molecular complexity index is 931. The van der Waals surface area contributed by atoms with Gasteiger partial charge in [-0.15, -0.1) is 0 Å². The number of nitrogens with zero attached hydrogens (tertiary/aromatic N) is 2. The van der Waals surface area contributed by atoms with E-state index >= 15 is 0 Å². The molecular weight excluding hydrogens is 356 g/mol. The number of aliphatic hydroxyl groups excluding tert-OH is 1. The van der Waals surface area contributed by atoms with Crippen molar-refractivity contribution in [3.05, 3.63) is 41.5 Å². The van der Waals surface area contributed by atoms with Crippen molar-refractivity contribution in [3.8, 4) is 0 Å². The summed E-state index contributed by atoms with van der Waals surface area (Å²) < 4.78 is 11.7. The molecule has 1 aromatic carbocycles. The molecule has 6 nitrogen and oxygen atoms in total. The van der Waals surface area contributed by atoms with Gasteiger partial charge in [0.2, 0.25) is 0 Å². The van der Waals surface area contributed by atoms with Gasteiger partial charge in [0.25, 0.3) is 0 Å². The quantitative estimate of drug-likeness (QED) is 0.589. The number of aliphatic hydroxyl groups is 1. The molecule has 8 rings (SSSR count). The van der Waals surface area contributed by atoms with E-state index in [1.165, 1.54) is 12.7 Å². The first-order valence-electron chi connectivity index (χ1n) is 10.2. The molecule has 1 N–H and O–H groups in total. The second-order valence-electron chi connectivity index (χ2n) is 8.87. The summed E-state index contributed by atoms with van der Waals surface area (Å²) in [6, 6.07) is 8.37. The third-order valence-corrected chi connectivity index (χ3v) is 8.66. The molecule has 1 aliphatic carbocycles. The number of methoxy groups -OCH3 is 1. The highest BCUT2D eigenvalue weighted by molar-refractivity contribution is 5.87. The van der Waals surface area contributed by atoms with Crippen LogP contribution in [0.1, 0.15) is 25.3 Å². The summed E-state index contributed by atoms with van der Waals surface area (Å²) in [4.78, 5) is 18.5. The number of fused-ring (bicyclic) bond motifs is 3. The lowest BCUT2D eigenvalue weighted by Crippen LogP contribution is -2.83. The minimum atomic E-state index is -1.18. The number of anilines is 1. The molecule has 6 heteroatoms. The first-order chi connectivity index (χ1) is 13.5. The van der Waals surface area contributed by atoms with Crippen LogP contribution in [0.2, 0.25) is 0 Å². The third-order valence-electron chi connectivity index (χ3n) is 8.66. The van der Waals surface area contributed by atoms with Gasteiger partial charge in [-0.1, -0.05) is 29.8 Å². The number of carbonyl (C=O) groups is 1. The number of hydrogen-bond donors (Lipinski definition) is 1. The first kappa shape index (κ1) is 17.0. The molecule has 6 fully saturated rings. The Kier molecular flexibility index (Phi) is 3.03. The van der Waals surface area contributed by atoms with Crippen molar-refractivity contribution >= 4 is 11.7 Å². The summed E-state index contributed by atoms with van der Waals surface area (Å²) in [6.45, 7) is 3.71. The van der Waals surface area contributed by atoms with E-state index in [-0.39, 0.29) is 18.0 Å². The number of esters is 1. The lowest BCUT2D eigenvalue weighted by atomic mass is 9.43. The fourth-order valence-electron chi connectivity index (χ4n) is 8.01. The number of rotatable bonds is 1. The predicted octanol–water partition coefficient (Wildman–Crippen LogP) is 1.63. The molecule has 6 aliphatic heterocycles.